The Kier molecular flexibility index (Phi) is 6.05. The standard InChI is InChI=1S/C24H20N4O6/c1-16-11-23(25(15-29)18-7-3-2-4-8-18)21-9-5-6-10-22(21)26(16)24(30)17-12-19(27(31)32)14-20(13-17)28(33)34/h2-10,12-16,23H,11H2,1H3/t16-,23+/m0/s1. The first kappa shape index (κ1) is 22.6. The summed E-state index contributed by atoms with van der Waals surface area (Å²) in [6.45, 7) is 1.81. The molecule has 0 aromatic heterocycles. The Morgan fingerprint density at radius 2 is 1.56 bits per heavy atom. The molecule has 0 aliphatic carbocycles. The summed E-state index contributed by atoms with van der Waals surface area (Å²) in [5, 5.41) is 22.6. The molecule has 0 saturated carbocycles. The molecule has 2 amide bonds. The Balaban J connectivity index is 1.79. The van der Waals surface area contributed by atoms with Gasteiger partial charge in [-0.2, -0.15) is 0 Å². The first-order valence-electron chi connectivity index (χ1n) is 10.5. The maximum Gasteiger partial charge on any atom is 0.277 e. The zero-order valence-corrected chi connectivity index (χ0v) is 18.1. The highest BCUT2D eigenvalue weighted by molar-refractivity contribution is 6.08. The molecule has 0 radical (unpaired) electrons. The molecule has 1 heterocycles. The van der Waals surface area contributed by atoms with Crippen LogP contribution in [-0.4, -0.2) is 28.2 Å². The molecule has 1 aliphatic heterocycles. The number of amides is 2. The normalized spacial score (nSPS) is 16.9. The molecule has 0 spiro atoms. The Morgan fingerprint density at radius 3 is 2.15 bits per heavy atom. The highest BCUT2D eigenvalue weighted by Gasteiger charge is 2.37. The Morgan fingerprint density at radius 1 is 0.971 bits per heavy atom. The minimum absolute atomic E-state index is 0.156. The fourth-order valence-corrected chi connectivity index (χ4v) is 4.34. The first-order valence-corrected chi connectivity index (χ1v) is 10.5. The van der Waals surface area contributed by atoms with Crippen LogP contribution in [0.4, 0.5) is 22.7 Å². The highest BCUT2D eigenvalue weighted by Crippen LogP contribution is 2.42. The van der Waals surface area contributed by atoms with E-state index in [1.54, 1.807) is 30.0 Å². The third-order valence-electron chi connectivity index (χ3n) is 5.85. The largest absolute Gasteiger partial charge is 0.307 e. The van der Waals surface area contributed by atoms with Gasteiger partial charge in [-0.1, -0.05) is 36.4 Å². The predicted octanol–water partition coefficient (Wildman–Crippen LogP) is 4.65. The average molecular weight is 460 g/mol. The van der Waals surface area contributed by atoms with Crippen molar-refractivity contribution < 1.29 is 19.4 Å². The number of carbonyl (C=O) groups is 2. The van der Waals surface area contributed by atoms with Crippen LogP contribution in [0.1, 0.15) is 35.3 Å². The van der Waals surface area contributed by atoms with Gasteiger partial charge in [-0.05, 0) is 37.1 Å². The monoisotopic (exact) mass is 460 g/mol. The minimum Gasteiger partial charge on any atom is -0.307 e. The number of rotatable bonds is 6. The zero-order chi connectivity index (χ0) is 24.4. The van der Waals surface area contributed by atoms with Crippen molar-refractivity contribution in [2.45, 2.75) is 25.4 Å². The van der Waals surface area contributed by atoms with Gasteiger partial charge in [-0.25, -0.2) is 0 Å². The zero-order valence-electron chi connectivity index (χ0n) is 18.1. The van der Waals surface area contributed by atoms with Crippen LogP contribution in [0, 0.1) is 20.2 Å². The third kappa shape index (κ3) is 4.08. The van der Waals surface area contributed by atoms with E-state index in [4.69, 9.17) is 0 Å². The second-order valence-corrected chi connectivity index (χ2v) is 7.94. The average Bonchev–Trinajstić information content (AvgIpc) is 2.84. The molecule has 0 saturated heterocycles. The van der Waals surface area contributed by atoms with E-state index in [0.717, 1.165) is 30.2 Å². The van der Waals surface area contributed by atoms with Gasteiger partial charge in [0.1, 0.15) is 0 Å². The first-order chi connectivity index (χ1) is 16.3. The van der Waals surface area contributed by atoms with Crippen molar-refractivity contribution in [2.75, 3.05) is 9.80 Å². The lowest BCUT2D eigenvalue weighted by Gasteiger charge is -2.42. The van der Waals surface area contributed by atoms with Crippen LogP contribution in [-0.2, 0) is 4.79 Å². The van der Waals surface area contributed by atoms with Crippen molar-refractivity contribution in [1.82, 2.24) is 0 Å². The number of para-hydroxylation sites is 2. The van der Waals surface area contributed by atoms with Gasteiger partial charge in [0.25, 0.3) is 17.3 Å². The van der Waals surface area contributed by atoms with Crippen LogP contribution in [0.25, 0.3) is 0 Å². The molecule has 4 rings (SSSR count). The Labute approximate surface area is 194 Å². The summed E-state index contributed by atoms with van der Waals surface area (Å²) in [7, 11) is 0. The molecule has 34 heavy (non-hydrogen) atoms. The van der Waals surface area contributed by atoms with Gasteiger partial charge in [0.15, 0.2) is 0 Å². The fourth-order valence-electron chi connectivity index (χ4n) is 4.34. The number of nitro benzene ring substituents is 2. The van der Waals surface area contributed by atoms with Crippen molar-refractivity contribution in [3.05, 3.63) is 104 Å². The molecule has 0 N–H and O–H groups in total. The summed E-state index contributed by atoms with van der Waals surface area (Å²) < 4.78 is 0. The van der Waals surface area contributed by atoms with Gasteiger partial charge >= 0.3 is 0 Å². The van der Waals surface area contributed by atoms with Gasteiger partial charge in [-0.15, -0.1) is 0 Å². The lowest BCUT2D eigenvalue weighted by Crippen LogP contribution is -2.46. The smallest absolute Gasteiger partial charge is 0.277 e. The number of carbonyl (C=O) groups excluding carboxylic acids is 2. The van der Waals surface area contributed by atoms with E-state index < -0.39 is 33.2 Å². The fraction of sp³-hybridized carbons (Fsp3) is 0.167. The maximum absolute atomic E-state index is 13.5. The number of nitrogens with zero attached hydrogens (tertiary/aromatic N) is 4. The van der Waals surface area contributed by atoms with E-state index in [1.165, 1.54) is 4.90 Å². The summed E-state index contributed by atoms with van der Waals surface area (Å²) >= 11 is 0. The van der Waals surface area contributed by atoms with Crippen molar-refractivity contribution in [2.24, 2.45) is 0 Å². The molecule has 0 unspecified atom stereocenters. The molecule has 2 atom stereocenters. The summed E-state index contributed by atoms with van der Waals surface area (Å²) in [5.74, 6) is -0.595. The number of anilines is 2. The van der Waals surface area contributed by atoms with Crippen LogP contribution in [0.2, 0.25) is 0 Å². The van der Waals surface area contributed by atoms with Crippen LogP contribution in [0.15, 0.2) is 72.8 Å². The lowest BCUT2D eigenvalue weighted by molar-refractivity contribution is -0.394. The van der Waals surface area contributed by atoms with E-state index in [1.807, 2.05) is 36.4 Å². The summed E-state index contributed by atoms with van der Waals surface area (Å²) in [5.41, 5.74) is 0.738. The highest BCUT2D eigenvalue weighted by atomic mass is 16.6. The van der Waals surface area contributed by atoms with Gasteiger partial charge in [-0.3, -0.25) is 29.8 Å². The molecule has 3 aromatic carbocycles. The molecule has 0 fully saturated rings. The second-order valence-electron chi connectivity index (χ2n) is 7.94. The lowest BCUT2D eigenvalue weighted by atomic mass is 9.89. The van der Waals surface area contributed by atoms with Crippen LogP contribution in [0.5, 0.6) is 0 Å². The summed E-state index contributed by atoms with van der Waals surface area (Å²) in [6.07, 6.45) is 1.15. The number of fused-ring (bicyclic) bond motifs is 1. The van der Waals surface area contributed by atoms with E-state index in [-0.39, 0.29) is 11.6 Å². The SMILES string of the molecule is C[C@H]1C[C@@H](N(C=O)c2ccccc2)c2ccccc2N1C(=O)c1cc([N+](=O)[O-])cc([N+](=O)[O-])c1. The number of benzene rings is 3. The molecular formula is C24H20N4O6. The van der Waals surface area contributed by atoms with E-state index >= 15 is 0 Å². The van der Waals surface area contributed by atoms with Crippen molar-refractivity contribution >= 4 is 35.1 Å². The summed E-state index contributed by atoms with van der Waals surface area (Å²) in [6, 6.07) is 18.4. The van der Waals surface area contributed by atoms with Gasteiger partial charge in [0.05, 0.1) is 27.5 Å². The second kappa shape index (κ2) is 9.10. The van der Waals surface area contributed by atoms with Crippen LogP contribution < -0.4 is 9.80 Å². The molecular weight excluding hydrogens is 440 g/mol. The predicted molar refractivity (Wildman–Crippen MR) is 125 cm³/mol. The number of hydrogen-bond donors (Lipinski definition) is 0. The van der Waals surface area contributed by atoms with E-state index in [9.17, 15) is 29.8 Å². The van der Waals surface area contributed by atoms with E-state index in [0.29, 0.717) is 17.8 Å². The van der Waals surface area contributed by atoms with Crippen molar-refractivity contribution in [3.63, 3.8) is 0 Å². The Hall–Kier alpha value is -4.60. The van der Waals surface area contributed by atoms with Gasteiger partial charge in [0, 0.05) is 29.5 Å². The molecule has 172 valence electrons. The van der Waals surface area contributed by atoms with Gasteiger partial charge < -0.3 is 9.80 Å². The molecule has 10 nitrogen and oxygen atoms in total. The number of nitro groups is 2. The van der Waals surface area contributed by atoms with Crippen molar-refractivity contribution in [1.29, 1.82) is 0 Å². The topological polar surface area (TPSA) is 127 Å². The molecule has 0 bridgehead atoms. The summed E-state index contributed by atoms with van der Waals surface area (Å²) in [4.78, 5) is 49.7. The quantitative estimate of drug-likeness (QED) is 0.299. The maximum atomic E-state index is 13.5. The molecule has 1 aliphatic rings. The number of hydrogen-bond acceptors (Lipinski definition) is 6. The Bertz CT molecular complexity index is 1250. The van der Waals surface area contributed by atoms with Gasteiger partial charge in [0.2, 0.25) is 6.41 Å². The third-order valence-corrected chi connectivity index (χ3v) is 5.85. The van der Waals surface area contributed by atoms with Crippen LogP contribution in [0.3, 0.4) is 0 Å². The number of non-ortho nitro benzene ring substituents is 2. The van der Waals surface area contributed by atoms with E-state index in [2.05, 4.69) is 0 Å². The molecule has 3 aromatic rings. The minimum atomic E-state index is -0.769. The molecule has 10 heteroatoms. The van der Waals surface area contributed by atoms with Crippen LogP contribution >= 0.6 is 0 Å². The van der Waals surface area contributed by atoms with Crippen molar-refractivity contribution in [3.8, 4) is 0 Å².